The fraction of sp³-hybridized carbons (Fsp3) is 0.364. The van der Waals surface area contributed by atoms with Crippen molar-refractivity contribution in [3.63, 3.8) is 0 Å². The van der Waals surface area contributed by atoms with Gasteiger partial charge >= 0.3 is 0 Å². The number of hydrogen-bond donors (Lipinski definition) is 1. The number of anilines is 1. The monoisotopic (exact) mass is 191 g/mol. The van der Waals surface area contributed by atoms with Gasteiger partial charge in [0.2, 0.25) is 0 Å². The summed E-state index contributed by atoms with van der Waals surface area (Å²) in [6.45, 7) is 0.891. The van der Waals surface area contributed by atoms with Crippen LogP contribution in [0.4, 0.5) is 5.69 Å². The molecule has 0 saturated heterocycles. The Labute approximate surface area is 83.1 Å². The zero-order chi connectivity index (χ0) is 9.97. The summed E-state index contributed by atoms with van der Waals surface area (Å²) in [5, 5.41) is 3.21. The molecule has 0 spiro atoms. The lowest BCUT2D eigenvalue weighted by molar-refractivity contribution is -0.123. The SMILES string of the molecule is COCC(=O)C1CNc2ccccc21. The van der Waals surface area contributed by atoms with Crippen LogP contribution in [0, 0.1) is 0 Å². The van der Waals surface area contributed by atoms with Crippen LogP contribution in [0.1, 0.15) is 11.5 Å². The van der Waals surface area contributed by atoms with Crippen LogP contribution in [0.3, 0.4) is 0 Å². The van der Waals surface area contributed by atoms with Gasteiger partial charge in [0.15, 0.2) is 5.78 Å². The van der Waals surface area contributed by atoms with Crippen molar-refractivity contribution in [1.82, 2.24) is 0 Å². The van der Waals surface area contributed by atoms with Crippen LogP contribution in [-0.2, 0) is 9.53 Å². The summed E-state index contributed by atoms with van der Waals surface area (Å²) in [4.78, 5) is 11.6. The summed E-state index contributed by atoms with van der Waals surface area (Å²) >= 11 is 0. The van der Waals surface area contributed by atoms with Gasteiger partial charge in [0.05, 0.1) is 5.92 Å². The molecule has 1 aliphatic heterocycles. The van der Waals surface area contributed by atoms with Crippen LogP contribution >= 0.6 is 0 Å². The Balaban J connectivity index is 2.21. The van der Waals surface area contributed by atoms with Crippen molar-refractivity contribution in [1.29, 1.82) is 0 Å². The van der Waals surface area contributed by atoms with Crippen molar-refractivity contribution in [3.8, 4) is 0 Å². The normalized spacial score (nSPS) is 18.8. The van der Waals surface area contributed by atoms with Crippen molar-refractivity contribution >= 4 is 11.5 Å². The Bertz CT molecular complexity index is 349. The quantitative estimate of drug-likeness (QED) is 0.785. The number of para-hydroxylation sites is 1. The van der Waals surface area contributed by atoms with E-state index in [0.29, 0.717) is 6.54 Å². The standard InChI is InChI=1S/C11H13NO2/c1-14-7-11(13)9-6-12-10-5-3-2-4-8(9)10/h2-5,9,12H,6-7H2,1H3. The van der Waals surface area contributed by atoms with E-state index in [9.17, 15) is 4.79 Å². The van der Waals surface area contributed by atoms with Crippen molar-refractivity contribution in [3.05, 3.63) is 29.8 Å². The Hall–Kier alpha value is -1.35. The number of Topliss-reactive ketones (excluding diaryl/α,β-unsaturated/α-hetero) is 1. The average Bonchev–Trinajstić information content (AvgIpc) is 2.61. The Morgan fingerprint density at radius 2 is 2.36 bits per heavy atom. The zero-order valence-corrected chi connectivity index (χ0v) is 8.12. The maximum Gasteiger partial charge on any atom is 0.167 e. The molecule has 2 rings (SSSR count). The number of rotatable bonds is 3. The summed E-state index contributed by atoms with van der Waals surface area (Å²) in [5.74, 6) is 0.108. The molecule has 0 aliphatic carbocycles. The first-order valence-corrected chi connectivity index (χ1v) is 4.67. The summed E-state index contributed by atoms with van der Waals surface area (Å²) in [7, 11) is 1.55. The first kappa shape index (κ1) is 9.21. The van der Waals surface area contributed by atoms with Gasteiger partial charge in [-0.2, -0.15) is 0 Å². The van der Waals surface area contributed by atoms with Gasteiger partial charge in [-0.1, -0.05) is 18.2 Å². The molecule has 1 heterocycles. The largest absolute Gasteiger partial charge is 0.384 e. The summed E-state index contributed by atoms with van der Waals surface area (Å²) in [6.07, 6.45) is 0. The van der Waals surface area contributed by atoms with Gasteiger partial charge in [0.1, 0.15) is 6.61 Å². The molecule has 3 nitrogen and oxygen atoms in total. The number of benzene rings is 1. The van der Waals surface area contributed by atoms with Gasteiger partial charge in [-0.3, -0.25) is 4.79 Å². The molecular formula is C11H13NO2. The molecule has 0 bridgehead atoms. The van der Waals surface area contributed by atoms with E-state index in [1.807, 2.05) is 24.3 Å². The molecule has 74 valence electrons. The maximum atomic E-state index is 11.6. The third-order valence-corrected chi connectivity index (χ3v) is 2.51. The highest BCUT2D eigenvalue weighted by atomic mass is 16.5. The van der Waals surface area contributed by atoms with Crippen LogP contribution < -0.4 is 5.32 Å². The van der Waals surface area contributed by atoms with Gasteiger partial charge < -0.3 is 10.1 Å². The van der Waals surface area contributed by atoms with E-state index in [4.69, 9.17) is 4.74 Å². The van der Waals surface area contributed by atoms with E-state index in [-0.39, 0.29) is 18.3 Å². The molecule has 0 aromatic heterocycles. The molecule has 1 aromatic carbocycles. The third-order valence-electron chi connectivity index (χ3n) is 2.51. The molecular weight excluding hydrogens is 178 g/mol. The minimum Gasteiger partial charge on any atom is -0.384 e. The number of fused-ring (bicyclic) bond motifs is 1. The number of carbonyl (C=O) groups excluding carboxylic acids is 1. The van der Waals surface area contributed by atoms with Crippen molar-refractivity contribution in [2.24, 2.45) is 0 Å². The van der Waals surface area contributed by atoms with E-state index < -0.39 is 0 Å². The van der Waals surface area contributed by atoms with Crippen molar-refractivity contribution < 1.29 is 9.53 Å². The van der Waals surface area contributed by atoms with E-state index in [2.05, 4.69) is 5.32 Å². The second-order valence-electron chi connectivity index (χ2n) is 3.42. The Morgan fingerprint density at radius 1 is 1.57 bits per heavy atom. The van der Waals surface area contributed by atoms with Gasteiger partial charge in [0.25, 0.3) is 0 Å². The second kappa shape index (κ2) is 3.80. The lowest BCUT2D eigenvalue weighted by atomic mass is 9.97. The molecule has 14 heavy (non-hydrogen) atoms. The highest BCUT2D eigenvalue weighted by Gasteiger charge is 2.27. The minimum absolute atomic E-state index is 0.0360. The molecule has 0 saturated carbocycles. The first-order chi connectivity index (χ1) is 6.83. The molecule has 0 fully saturated rings. The van der Waals surface area contributed by atoms with Gasteiger partial charge in [-0.05, 0) is 11.6 Å². The first-order valence-electron chi connectivity index (χ1n) is 4.67. The predicted octanol–water partition coefficient (Wildman–Crippen LogP) is 1.41. The number of nitrogens with one attached hydrogen (secondary N) is 1. The van der Waals surface area contributed by atoms with E-state index in [1.54, 1.807) is 7.11 Å². The fourth-order valence-electron chi connectivity index (χ4n) is 1.81. The van der Waals surface area contributed by atoms with Crippen LogP contribution in [0.25, 0.3) is 0 Å². The number of ether oxygens (including phenoxy) is 1. The number of hydrogen-bond acceptors (Lipinski definition) is 3. The molecule has 3 heteroatoms. The maximum absolute atomic E-state index is 11.6. The molecule has 1 aliphatic rings. The van der Waals surface area contributed by atoms with E-state index in [1.165, 1.54) is 0 Å². The van der Waals surface area contributed by atoms with Crippen LogP contribution in [0.15, 0.2) is 24.3 Å². The van der Waals surface area contributed by atoms with Gasteiger partial charge in [-0.15, -0.1) is 0 Å². The zero-order valence-electron chi connectivity index (χ0n) is 8.12. The summed E-state index contributed by atoms with van der Waals surface area (Å²) < 4.78 is 4.85. The summed E-state index contributed by atoms with van der Waals surface area (Å²) in [6, 6.07) is 7.91. The molecule has 1 N–H and O–H groups in total. The second-order valence-corrected chi connectivity index (χ2v) is 3.42. The summed E-state index contributed by atoms with van der Waals surface area (Å²) in [5.41, 5.74) is 2.16. The molecule has 0 radical (unpaired) electrons. The van der Waals surface area contributed by atoms with Gasteiger partial charge in [0, 0.05) is 19.3 Å². The Morgan fingerprint density at radius 3 is 3.14 bits per heavy atom. The highest BCUT2D eigenvalue weighted by Crippen LogP contribution is 2.31. The third kappa shape index (κ3) is 1.51. The topological polar surface area (TPSA) is 38.3 Å². The number of methoxy groups -OCH3 is 1. The van der Waals surface area contributed by atoms with E-state index >= 15 is 0 Å². The molecule has 1 unspecified atom stereocenters. The smallest absolute Gasteiger partial charge is 0.167 e. The minimum atomic E-state index is -0.0360. The molecule has 1 atom stereocenters. The Kier molecular flexibility index (Phi) is 2.50. The predicted molar refractivity (Wildman–Crippen MR) is 54.6 cm³/mol. The van der Waals surface area contributed by atoms with Crippen LogP contribution in [0.2, 0.25) is 0 Å². The van der Waals surface area contributed by atoms with Crippen molar-refractivity contribution in [2.75, 3.05) is 25.6 Å². The number of carbonyl (C=O) groups is 1. The molecule has 0 amide bonds. The van der Waals surface area contributed by atoms with Gasteiger partial charge in [-0.25, -0.2) is 0 Å². The number of ketones is 1. The average molecular weight is 191 g/mol. The molecule has 1 aromatic rings. The van der Waals surface area contributed by atoms with E-state index in [0.717, 1.165) is 11.3 Å². The lowest BCUT2D eigenvalue weighted by Gasteiger charge is -2.07. The fourth-order valence-corrected chi connectivity index (χ4v) is 1.81. The highest BCUT2D eigenvalue weighted by molar-refractivity contribution is 5.90. The lowest BCUT2D eigenvalue weighted by Crippen LogP contribution is -2.18. The van der Waals surface area contributed by atoms with Crippen LogP contribution in [-0.4, -0.2) is 26.0 Å². The van der Waals surface area contributed by atoms with Crippen molar-refractivity contribution in [2.45, 2.75) is 5.92 Å². The van der Waals surface area contributed by atoms with Crippen LogP contribution in [0.5, 0.6) is 0 Å².